The number of ether oxygens (including phenoxy) is 3. The minimum absolute atomic E-state index is 0.0564. The van der Waals surface area contributed by atoms with Crippen LogP contribution in [0.2, 0.25) is 20.1 Å². The highest BCUT2D eigenvalue weighted by atomic mass is 35.5. The summed E-state index contributed by atoms with van der Waals surface area (Å²) in [6.45, 7) is 0.299. The van der Waals surface area contributed by atoms with Gasteiger partial charge in [-0.2, -0.15) is 0 Å². The summed E-state index contributed by atoms with van der Waals surface area (Å²) in [6.07, 6.45) is 1.68. The van der Waals surface area contributed by atoms with Gasteiger partial charge in [0.05, 0.1) is 46.4 Å². The van der Waals surface area contributed by atoms with E-state index in [0.29, 0.717) is 17.6 Å². The van der Waals surface area contributed by atoms with E-state index in [-0.39, 0.29) is 80.6 Å². The van der Waals surface area contributed by atoms with Crippen LogP contribution in [0.5, 0.6) is 17.4 Å². The van der Waals surface area contributed by atoms with E-state index in [2.05, 4.69) is 10.2 Å². The summed E-state index contributed by atoms with van der Waals surface area (Å²) in [6, 6.07) is 10.7. The lowest BCUT2D eigenvalue weighted by Crippen LogP contribution is -2.28. The second-order valence-electron chi connectivity index (χ2n) is 8.98. The topological polar surface area (TPSA) is 186 Å². The highest BCUT2D eigenvalue weighted by Gasteiger charge is 2.22. The number of hydrogen-bond donors (Lipinski definition) is 1. The minimum atomic E-state index is -0.840. The molecule has 0 saturated carbocycles. The van der Waals surface area contributed by atoms with Crippen molar-refractivity contribution in [3.05, 3.63) is 111 Å². The highest BCUT2D eigenvalue weighted by Crippen LogP contribution is 2.35. The number of aryl methyl sites for hydroxylation is 2. The Hall–Kier alpha value is -4.47. The van der Waals surface area contributed by atoms with Crippen LogP contribution in [-0.2, 0) is 22.7 Å². The molecule has 49 heavy (non-hydrogen) atoms. The first-order valence-corrected chi connectivity index (χ1v) is 15.4. The van der Waals surface area contributed by atoms with Gasteiger partial charge in [0.25, 0.3) is 21.9 Å². The summed E-state index contributed by atoms with van der Waals surface area (Å²) in [5.41, 5.74) is -1.04. The van der Waals surface area contributed by atoms with Gasteiger partial charge in [-0.25, -0.2) is 14.2 Å². The molecule has 0 bridgehead atoms. The van der Waals surface area contributed by atoms with Gasteiger partial charge in [-0.3, -0.25) is 24.3 Å². The van der Waals surface area contributed by atoms with Gasteiger partial charge in [0.1, 0.15) is 18.1 Å². The van der Waals surface area contributed by atoms with Crippen LogP contribution in [0.15, 0.2) is 62.9 Å². The number of benzene rings is 2. The fourth-order valence-corrected chi connectivity index (χ4v) is 4.78. The third kappa shape index (κ3) is 11.9. The molecule has 0 saturated heterocycles. The summed E-state index contributed by atoms with van der Waals surface area (Å²) >= 11 is 28.8. The predicted molar refractivity (Wildman–Crippen MR) is 182 cm³/mol. The minimum Gasteiger partial charge on any atom is -0.494 e. The number of rotatable bonds is 11. The molecule has 0 spiro atoms. The normalized spacial score (nSPS) is 10.0. The summed E-state index contributed by atoms with van der Waals surface area (Å²) < 4.78 is 17.2. The predicted octanol–water partition coefficient (Wildman–Crippen LogP) is 4.87. The average molecular weight is 779 g/mol. The molecule has 4 aromatic rings. The highest BCUT2D eigenvalue weighted by molar-refractivity contribution is 6.69. The SMILES string of the molecule is COc1c(Cl)ccc(Cl)c1C(=O)Cl.COc1c(Cl)ccc(Cl)c1C(=O)Oc1ccc(=O)n(CCC=O)n1.O=CCCn1[nH]c(=O)ccc1=O. The van der Waals surface area contributed by atoms with Crippen LogP contribution in [0.25, 0.3) is 0 Å². The Labute approximate surface area is 301 Å². The zero-order chi connectivity index (χ0) is 36.7. The maximum atomic E-state index is 12.3. The van der Waals surface area contributed by atoms with Gasteiger partial charge in [-0.1, -0.05) is 46.4 Å². The number of methoxy groups -OCH3 is 2. The first kappa shape index (κ1) is 40.7. The molecule has 0 unspecified atom stereocenters. The molecule has 2 aromatic heterocycles. The molecule has 260 valence electrons. The van der Waals surface area contributed by atoms with Crippen LogP contribution in [-0.4, -0.2) is 57.6 Å². The number of carbonyl (C=O) groups is 4. The third-order valence-corrected chi connectivity index (χ3v) is 7.20. The molecular formula is C30H25Cl5N4O10. The van der Waals surface area contributed by atoms with Crippen molar-refractivity contribution in [1.82, 2.24) is 19.6 Å². The monoisotopic (exact) mass is 776 g/mol. The number of aromatic amines is 1. The molecular weight excluding hydrogens is 754 g/mol. The number of nitrogens with one attached hydrogen (secondary N) is 1. The average Bonchev–Trinajstić information content (AvgIpc) is 3.07. The molecule has 0 amide bonds. The summed E-state index contributed by atoms with van der Waals surface area (Å²) in [4.78, 5) is 76.9. The summed E-state index contributed by atoms with van der Waals surface area (Å²) in [5.74, 6) is -0.686. The van der Waals surface area contributed by atoms with Crippen LogP contribution in [0, 0.1) is 0 Å². The quantitative estimate of drug-likeness (QED) is 0.124. The second-order valence-corrected chi connectivity index (χ2v) is 11.0. The number of esters is 1. The van der Waals surface area contributed by atoms with Gasteiger partial charge < -0.3 is 23.8 Å². The molecule has 0 radical (unpaired) electrons. The molecule has 1 N–H and O–H groups in total. The summed E-state index contributed by atoms with van der Waals surface area (Å²) in [7, 11) is 2.73. The molecule has 14 nitrogen and oxygen atoms in total. The third-order valence-electron chi connectivity index (χ3n) is 5.78. The van der Waals surface area contributed by atoms with E-state index in [1.807, 2.05) is 0 Å². The van der Waals surface area contributed by atoms with Gasteiger partial charge >= 0.3 is 5.97 Å². The molecule has 4 rings (SSSR count). The number of aldehydes is 2. The molecule has 19 heteroatoms. The van der Waals surface area contributed by atoms with E-state index >= 15 is 0 Å². The fourth-order valence-electron chi connectivity index (χ4n) is 3.61. The van der Waals surface area contributed by atoms with Crippen molar-refractivity contribution in [2.24, 2.45) is 0 Å². The van der Waals surface area contributed by atoms with Crippen LogP contribution < -0.4 is 30.9 Å². The van der Waals surface area contributed by atoms with Crippen LogP contribution in [0.1, 0.15) is 33.6 Å². The van der Waals surface area contributed by atoms with Gasteiger partial charge in [-0.05, 0) is 35.9 Å². The number of hydrogen-bond acceptors (Lipinski definition) is 11. The lowest BCUT2D eigenvalue weighted by molar-refractivity contribution is -0.108. The smallest absolute Gasteiger partial charge is 0.350 e. The van der Waals surface area contributed by atoms with Gasteiger partial charge in [0, 0.05) is 43.7 Å². The molecule has 0 atom stereocenters. The number of H-pyrrole nitrogens is 1. The largest absolute Gasteiger partial charge is 0.494 e. The van der Waals surface area contributed by atoms with E-state index in [1.54, 1.807) is 0 Å². The molecule has 0 aliphatic carbocycles. The van der Waals surface area contributed by atoms with E-state index in [1.165, 1.54) is 56.7 Å². The molecule has 0 fully saturated rings. The van der Waals surface area contributed by atoms with Gasteiger partial charge in [-0.15, -0.1) is 5.10 Å². The van der Waals surface area contributed by atoms with E-state index in [0.717, 1.165) is 15.4 Å². The van der Waals surface area contributed by atoms with Crippen molar-refractivity contribution in [2.45, 2.75) is 25.9 Å². The van der Waals surface area contributed by atoms with Crippen LogP contribution in [0.4, 0.5) is 0 Å². The van der Waals surface area contributed by atoms with E-state index in [4.69, 9.17) is 72.2 Å². The maximum absolute atomic E-state index is 12.3. The lowest BCUT2D eigenvalue weighted by atomic mass is 10.2. The Morgan fingerprint density at radius 3 is 1.78 bits per heavy atom. The Morgan fingerprint density at radius 2 is 1.24 bits per heavy atom. The lowest BCUT2D eigenvalue weighted by Gasteiger charge is -2.11. The molecule has 0 aliphatic heterocycles. The van der Waals surface area contributed by atoms with Crippen molar-refractivity contribution < 1.29 is 33.4 Å². The molecule has 2 aromatic carbocycles. The van der Waals surface area contributed by atoms with Crippen molar-refractivity contribution in [2.75, 3.05) is 14.2 Å². The number of aromatic nitrogens is 4. The Bertz CT molecular complexity index is 2000. The number of halogens is 5. The first-order valence-electron chi connectivity index (χ1n) is 13.5. The first-order chi connectivity index (χ1) is 23.3. The maximum Gasteiger partial charge on any atom is 0.350 e. The molecule has 0 aliphatic rings. The van der Waals surface area contributed by atoms with Crippen LogP contribution >= 0.6 is 58.0 Å². The summed E-state index contributed by atoms with van der Waals surface area (Å²) in [5, 5.41) is 6.29. The van der Waals surface area contributed by atoms with Crippen molar-refractivity contribution in [3.63, 3.8) is 0 Å². The standard InChI is InChI=1S/C15H12Cl2N2O5.C8H5Cl3O2.C7H8N2O3/c1-23-14-10(17)4-3-9(16)13(14)15(22)24-11-5-6-12(21)19(18-11)7-2-8-20;1-13-7-5(10)3-2-4(9)6(7)8(11)12;10-5-1-4-9-7(12)3-2-6(11)8-9/h3-6,8H,2,7H2,1H3;2-3H,1H3;2-3,5H,1,4H2,(H,8,11). The van der Waals surface area contributed by atoms with Crippen molar-refractivity contribution in [1.29, 1.82) is 0 Å². The van der Waals surface area contributed by atoms with Crippen molar-refractivity contribution >= 4 is 81.8 Å². The fraction of sp³-hybridized carbons (Fsp3) is 0.200. The molecule has 2 heterocycles. The van der Waals surface area contributed by atoms with Gasteiger partial charge in [0.2, 0.25) is 5.88 Å². The second kappa shape index (κ2) is 20.1. The van der Waals surface area contributed by atoms with E-state index < -0.39 is 16.8 Å². The van der Waals surface area contributed by atoms with Crippen LogP contribution in [0.3, 0.4) is 0 Å². The zero-order valence-electron chi connectivity index (χ0n) is 25.4. The zero-order valence-corrected chi connectivity index (χ0v) is 29.2. The Morgan fingerprint density at radius 1 is 0.735 bits per heavy atom. The Kier molecular flexibility index (Phi) is 16.7. The van der Waals surface area contributed by atoms with Crippen molar-refractivity contribution in [3.8, 4) is 17.4 Å². The van der Waals surface area contributed by atoms with Gasteiger partial charge in [0.15, 0.2) is 11.5 Å². The van der Waals surface area contributed by atoms with E-state index in [9.17, 15) is 33.6 Å². The number of nitrogens with zero attached hydrogens (tertiary/aromatic N) is 3. The number of carbonyl (C=O) groups excluding carboxylic acids is 4. The Balaban J connectivity index is 0.000000281.